The van der Waals surface area contributed by atoms with E-state index < -0.39 is 0 Å². The SMILES string of the molecule is Cc1cc(C)c(-n2c3ccccc3c3ccccc32)cc1-c1cc(-c2cc(-n3c4ccccc4c4ccccc43)c(C)cc2C)cc(-c2cc(-n3c4ccccc4c4ccccc43)c(C)cc2C)c1. The molecule has 3 heteroatoms. The van der Waals surface area contributed by atoms with Gasteiger partial charge in [0.25, 0.3) is 0 Å². The minimum atomic E-state index is 1.19. The number of benzene rings is 10. The smallest absolute Gasteiger partial charge is 0.0541 e. The highest BCUT2D eigenvalue weighted by atomic mass is 15.0. The molecule has 13 aromatic rings. The first-order valence-electron chi connectivity index (χ1n) is 24.2. The molecule has 0 N–H and O–H groups in total. The number of rotatable bonds is 6. The Kier molecular flexibility index (Phi) is 9.22. The zero-order chi connectivity index (χ0) is 46.7. The summed E-state index contributed by atoms with van der Waals surface area (Å²) in [6.07, 6.45) is 0. The zero-order valence-electron chi connectivity index (χ0n) is 39.9. The van der Waals surface area contributed by atoms with E-state index in [1.807, 2.05) is 0 Å². The number of aromatic nitrogens is 3. The predicted octanol–water partition coefficient (Wildman–Crippen LogP) is 17.8. The van der Waals surface area contributed by atoms with Crippen LogP contribution in [-0.4, -0.2) is 13.7 Å². The molecule has 0 saturated carbocycles. The third-order valence-corrected chi connectivity index (χ3v) is 15.0. The molecule has 0 unspecified atom stereocenters. The van der Waals surface area contributed by atoms with E-state index in [1.54, 1.807) is 0 Å². The molecule has 330 valence electrons. The van der Waals surface area contributed by atoms with Gasteiger partial charge in [0.2, 0.25) is 0 Å². The molecule has 0 aliphatic heterocycles. The van der Waals surface area contributed by atoms with E-state index in [0.29, 0.717) is 0 Å². The standard InChI is InChI=1S/C66H51N3/c1-40-31-43(4)64(67-58-25-13-7-19-49(58)50-20-8-14-26-59(50)67)37-55(40)46-34-47(56-38-65(44(5)32-41(56)2)68-60-27-15-9-21-51(60)52-22-10-16-28-61(52)68)36-48(35-46)57-39-66(45(6)33-42(57)3)69-62-29-17-11-23-53(62)54-24-12-18-30-63(54)69/h7-39H,1-6H3. The van der Waals surface area contributed by atoms with Crippen molar-refractivity contribution in [2.45, 2.75) is 41.5 Å². The molecule has 0 aliphatic carbocycles. The van der Waals surface area contributed by atoms with Crippen molar-refractivity contribution < 1.29 is 0 Å². The van der Waals surface area contributed by atoms with Gasteiger partial charge in [-0.15, -0.1) is 0 Å². The Labute approximate surface area is 402 Å². The Morgan fingerprint density at radius 3 is 0.638 bits per heavy atom. The summed E-state index contributed by atoms with van der Waals surface area (Å²) in [5.41, 5.74) is 25.6. The van der Waals surface area contributed by atoms with E-state index in [1.165, 1.54) is 149 Å². The van der Waals surface area contributed by atoms with Gasteiger partial charge in [-0.3, -0.25) is 0 Å². The number of fused-ring (bicyclic) bond motifs is 9. The zero-order valence-corrected chi connectivity index (χ0v) is 39.9. The fourth-order valence-electron chi connectivity index (χ4n) is 11.8. The molecule has 3 heterocycles. The molecule has 3 aromatic heterocycles. The third kappa shape index (κ3) is 6.27. The van der Waals surface area contributed by atoms with Crippen LogP contribution in [0, 0.1) is 41.5 Å². The molecule has 0 saturated heterocycles. The lowest BCUT2D eigenvalue weighted by atomic mass is 9.87. The molecule has 3 nitrogen and oxygen atoms in total. The Hall–Kier alpha value is -8.40. The lowest BCUT2D eigenvalue weighted by Crippen LogP contribution is -2.01. The van der Waals surface area contributed by atoms with Crippen LogP contribution < -0.4 is 0 Å². The van der Waals surface area contributed by atoms with Gasteiger partial charge in [0.1, 0.15) is 0 Å². The minimum absolute atomic E-state index is 1.19. The first kappa shape index (κ1) is 40.8. The van der Waals surface area contributed by atoms with E-state index in [-0.39, 0.29) is 0 Å². The molecule has 0 spiro atoms. The van der Waals surface area contributed by atoms with Crippen molar-refractivity contribution in [3.8, 4) is 50.4 Å². The largest absolute Gasteiger partial charge is 0.309 e. The van der Waals surface area contributed by atoms with E-state index in [2.05, 4.69) is 255 Å². The summed E-state index contributed by atoms with van der Waals surface area (Å²) >= 11 is 0. The van der Waals surface area contributed by atoms with Gasteiger partial charge in [0.15, 0.2) is 0 Å². The van der Waals surface area contributed by atoms with Gasteiger partial charge in [-0.25, -0.2) is 0 Å². The molecule has 0 radical (unpaired) electrons. The summed E-state index contributed by atoms with van der Waals surface area (Å²) in [4.78, 5) is 0. The van der Waals surface area contributed by atoms with Gasteiger partial charge >= 0.3 is 0 Å². The van der Waals surface area contributed by atoms with Crippen LogP contribution in [0.5, 0.6) is 0 Å². The summed E-state index contributed by atoms with van der Waals surface area (Å²) in [6, 6.07) is 74.8. The normalized spacial score (nSPS) is 11.9. The molecule has 13 rings (SSSR count). The summed E-state index contributed by atoms with van der Waals surface area (Å²) in [7, 11) is 0. The van der Waals surface area contributed by atoms with Gasteiger partial charge in [0.05, 0.1) is 33.1 Å². The molecule has 0 fully saturated rings. The maximum Gasteiger partial charge on any atom is 0.0541 e. The molecule has 69 heavy (non-hydrogen) atoms. The second kappa shape index (κ2) is 15.6. The van der Waals surface area contributed by atoms with Gasteiger partial charge in [-0.2, -0.15) is 0 Å². The maximum absolute atomic E-state index is 2.47. The van der Waals surface area contributed by atoms with Crippen LogP contribution in [0.4, 0.5) is 0 Å². The second-order valence-corrected chi connectivity index (χ2v) is 19.3. The average molecular weight is 886 g/mol. The highest BCUT2D eigenvalue weighted by Gasteiger charge is 2.21. The molecule has 0 amide bonds. The van der Waals surface area contributed by atoms with Crippen molar-refractivity contribution in [1.29, 1.82) is 0 Å². The van der Waals surface area contributed by atoms with Crippen molar-refractivity contribution in [2.24, 2.45) is 0 Å². The van der Waals surface area contributed by atoms with Crippen molar-refractivity contribution >= 4 is 65.4 Å². The topological polar surface area (TPSA) is 14.8 Å². The monoisotopic (exact) mass is 885 g/mol. The molecule has 0 atom stereocenters. The summed E-state index contributed by atoms with van der Waals surface area (Å²) in [6.45, 7) is 13.6. The van der Waals surface area contributed by atoms with Crippen molar-refractivity contribution in [3.63, 3.8) is 0 Å². The molecule has 0 aliphatic rings. The van der Waals surface area contributed by atoms with Gasteiger partial charge in [0, 0.05) is 49.4 Å². The Morgan fingerprint density at radius 2 is 0.420 bits per heavy atom. The highest BCUT2D eigenvalue weighted by molar-refractivity contribution is 6.11. The number of para-hydroxylation sites is 6. The fraction of sp³-hybridized carbons (Fsp3) is 0.0909. The Morgan fingerprint density at radius 1 is 0.217 bits per heavy atom. The maximum atomic E-state index is 2.47. The van der Waals surface area contributed by atoms with E-state index >= 15 is 0 Å². The predicted molar refractivity (Wildman–Crippen MR) is 294 cm³/mol. The van der Waals surface area contributed by atoms with Crippen LogP contribution >= 0.6 is 0 Å². The Balaban J connectivity index is 1.08. The minimum Gasteiger partial charge on any atom is -0.309 e. The molecule has 0 bridgehead atoms. The fourth-order valence-corrected chi connectivity index (χ4v) is 11.8. The van der Waals surface area contributed by atoms with E-state index in [9.17, 15) is 0 Å². The van der Waals surface area contributed by atoms with Crippen molar-refractivity contribution in [1.82, 2.24) is 13.7 Å². The van der Waals surface area contributed by atoms with E-state index in [0.717, 1.165) is 0 Å². The summed E-state index contributed by atoms with van der Waals surface area (Å²) in [5.74, 6) is 0. The lowest BCUT2D eigenvalue weighted by molar-refractivity contribution is 1.14. The van der Waals surface area contributed by atoms with Crippen LogP contribution in [0.25, 0.3) is 116 Å². The molecular weight excluding hydrogens is 835 g/mol. The van der Waals surface area contributed by atoms with Crippen molar-refractivity contribution in [2.75, 3.05) is 0 Å². The summed E-state index contributed by atoms with van der Waals surface area (Å²) in [5, 5.41) is 7.59. The Bertz CT molecular complexity index is 3650. The lowest BCUT2D eigenvalue weighted by Gasteiger charge is -2.20. The first-order chi connectivity index (χ1) is 33.7. The highest BCUT2D eigenvalue weighted by Crippen LogP contribution is 2.43. The van der Waals surface area contributed by atoms with Crippen LogP contribution in [0.2, 0.25) is 0 Å². The van der Waals surface area contributed by atoms with Crippen LogP contribution in [0.1, 0.15) is 33.4 Å². The van der Waals surface area contributed by atoms with Crippen LogP contribution in [0.15, 0.2) is 200 Å². The summed E-state index contributed by atoms with van der Waals surface area (Å²) < 4.78 is 7.41. The number of hydrogen-bond donors (Lipinski definition) is 0. The van der Waals surface area contributed by atoms with Crippen molar-refractivity contribution in [3.05, 3.63) is 234 Å². The number of hydrogen-bond acceptors (Lipinski definition) is 0. The first-order valence-corrected chi connectivity index (χ1v) is 24.2. The van der Waals surface area contributed by atoms with E-state index in [4.69, 9.17) is 0 Å². The van der Waals surface area contributed by atoms with Gasteiger partial charge in [-0.05, 0) is 181 Å². The number of aryl methyl sites for hydroxylation is 6. The second-order valence-electron chi connectivity index (χ2n) is 19.3. The molecule has 10 aromatic carbocycles. The third-order valence-electron chi connectivity index (χ3n) is 15.0. The molecular formula is C66H51N3. The van der Waals surface area contributed by atoms with Gasteiger partial charge in [-0.1, -0.05) is 127 Å². The van der Waals surface area contributed by atoms with Crippen LogP contribution in [-0.2, 0) is 0 Å². The number of nitrogens with zero attached hydrogens (tertiary/aromatic N) is 3. The van der Waals surface area contributed by atoms with Gasteiger partial charge < -0.3 is 13.7 Å². The quantitative estimate of drug-likeness (QED) is 0.158. The average Bonchev–Trinajstić information content (AvgIpc) is 4.00. The van der Waals surface area contributed by atoms with Crippen LogP contribution in [0.3, 0.4) is 0 Å².